The molecule has 0 aliphatic rings. The van der Waals surface area contributed by atoms with Crippen molar-refractivity contribution >= 4 is 0 Å². The summed E-state index contributed by atoms with van der Waals surface area (Å²) in [5.74, 6) is 0. The Bertz CT molecular complexity index is 97.1. The first-order valence-corrected chi connectivity index (χ1v) is 2.04. The molecule has 0 radical (unpaired) electrons. The van der Waals surface area contributed by atoms with Crippen LogP contribution in [0.5, 0.6) is 0 Å². The van der Waals surface area contributed by atoms with Crippen LogP contribution in [0.4, 0.5) is 26.3 Å². The van der Waals surface area contributed by atoms with Crippen LogP contribution in [-0.2, 0) is 0 Å². The molecule has 1 nitrogen and oxygen atoms in total. The van der Waals surface area contributed by atoms with Gasteiger partial charge in [-0.05, 0) is 0 Å². The highest BCUT2D eigenvalue weighted by Gasteiger charge is 2.54. The van der Waals surface area contributed by atoms with Gasteiger partial charge in [0.1, 0.15) is 0 Å². The van der Waals surface area contributed by atoms with Crippen LogP contribution in [0.3, 0.4) is 0 Å². The van der Waals surface area contributed by atoms with Crippen molar-refractivity contribution in [2.45, 2.75) is 18.4 Å². The van der Waals surface area contributed by atoms with Gasteiger partial charge in [-0.2, -0.15) is 26.3 Å². The van der Waals surface area contributed by atoms with Gasteiger partial charge in [0, 0.05) is 0 Å². The lowest BCUT2D eigenvalue weighted by Gasteiger charge is -2.17. The van der Waals surface area contributed by atoms with E-state index in [1.807, 2.05) is 0 Å². The molecule has 0 aromatic carbocycles. The van der Waals surface area contributed by atoms with Crippen LogP contribution in [0.25, 0.3) is 0 Å². The maximum absolute atomic E-state index is 11.1. The standard InChI is InChI=1S/C3H3F6N/c4-2(5,6)1(10)3(7,8)9/h1H,10H2. The second kappa shape index (κ2) is 2.30. The maximum atomic E-state index is 11.1. The topological polar surface area (TPSA) is 26.0 Å². The first kappa shape index (κ1) is 9.54. The zero-order valence-electron chi connectivity index (χ0n) is 4.42. The lowest BCUT2D eigenvalue weighted by Crippen LogP contribution is -2.49. The average Bonchev–Trinajstić information content (AvgIpc) is 1.59. The molecule has 0 aliphatic carbocycles. The molecule has 0 aliphatic heterocycles. The molecule has 10 heavy (non-hydrogen) atoms. The van der Waals surface area contributed by atoms with Crippen LogP contribution in [0.15, 0.2) is 0 Å². The van der Waals surface area contributed by atoms with E-state index in [2.05, 4.69) is 5.73 Å². The van der Waals surface area contributed by atoms with Crippen molar-refractivity contribution in [3.63, 3.8) is 0 Å². The molecule has 0 saturated heterocycles. The van der Waals surface area contributed by atoms with Gasteiger partial charge in [-0.15, -0.1) is 0 Å². The molecular formula is C3H3F6N. The Hall–Kier alpha value is -0.460. The Morgan fingerprint density at radius 2 is 1.00 bits per heavy atom. The first-order valence-electron chi connectivity index (χ1n) is 2.04. The van der Waals surface area contributed by atoms with Gasteiger partial charge in [0.05, 0.1) is 0 Å². The van der Waals surface area contributed by atoms with Crippen molar-refractivity contribution in [1.82, 2.24) is 0 Å². The van der Waals surface area contributed by atoms with Gasteiger partial charge in [0.25, 0.3) is 0 Å². The van der Waals surface area contributed by atoms with Crippen molar-refractivity contribution < 1.29 is 26.3 Å². The van der Waals surface area contributed by atoms with E-state index in [1.54, 1.807) is 0 Å². The Balaban J connectivity index is 4.23. The number of hydrogen-bond donors (Lipinski definition) is 1. The number of alkyl halides is 6. The van der Waals surface area contributed by atoms with Crippen molar-refractivity contribution in [3.8, 4) is 0 Å². The molecular weight excluding hydrogens is 164 g/mol. The Labute approximate surface area is 51.8 Å². The van der Waals surface area contributed by atoms with Gasteiger partial charge in [-0.25, -0.2) is 0 Å². The molecule has 2 N–H and O–H groups in total. The molecule has 0 bridgehead atoms. The predicted molar refractivity (Wildman–Crippen MR) is 20.1 cm³/mol. The van der Waals surface area contributed by atoms with Gasteiger partial charge in [0.2, 0.25) is 0 Å². The third kappa shape index (κ3) is 2.42. The molecule has 0 amide bonds. The minimum absolute atomic E-state index is 3.74. The molecule has 0 aromatic heterocycles. The summed E-state index contributed by atoms with van der Waals surface area (Å²) >= 11 is 0. The first-order chi connectivity index (χ1) is 4.15. The van der Waals surface area contributed by atoms with E-state index in [4.69, 9.17) is 0 Å². The van der Waals surface area contributed by atoms with Crippen molar-refractivity contribution in [2.24, 2.45) is 5.73 Å². The summed E-state index contributed by atoms with van der Waals surface area (Å²) in [5.41, 5.74) is 3.78. The van der Waals surface area contributed by atoms with E-state index in [0.717, 1.165) is 0 Å². The van der Waals surface area contributed by atoms with E-state index in [1.165, 1.54) is 0 Å². The largest absolute Gasteiger partial charge is 0.412 e. The molecule has 0 unspecified atom stereocenters. The summed E-state index contributed by atoms with van der Waals surface area (Å²) in [7, 11) is 0. The fourth-order valence-corrected chi connectivity index (χ4v) is 0.186. The second-order valence-corrected chi connectivity index (χ2v) is 1.56. The van der Waals surface area contributed by atoms with Crippen LogP contribution in [0, 0.1) is 0 Å². The van der Waals surface area contributed by atoms with Gasteiger partial charge < -0.3 is 5.73 Å². The van der Waals surface area contributed by atoms with Gasteiger partial charge in [-0.1, -0.05) is 0 Å². The SMILES string of the molecule is NC(C(F)(F)F)C(F)(F)F. The third-order valence-corrected chi connectivity index (χ3v) is 0.705. The number of hydrogen-bond acceptors (Lipinski definition) is 1. The van der Waals surface area contributed by atoms with Crippen LogP contribution >= 0.6 is 0 Å². The molecule has 0 rings (SSSR count). The highest BCUT2D eigenvalue weighted by Crippen LogP contribution is 2.30. The van der Waals surface area contributed by atoms with Crippen molar-refractivity contribution in [2.75, 3.05) is 0 Å². The zero-order valence-corrected chi connectivity index (χ0v) is 4.42. The molecule has 62 valence electrons. The molecule has 0 saturated carbocycles. The van der Waals surface area contributed by atoms with E-state index in [9.17, 15) is 26.3 Å². The Kier molecular flexibility index (Phi) is 2.19. The third-order valence-electron chi connectivity index (χ3n) is 0.705. The zero-order chi connectivity index (χ0) is 8.58. The Morgan fingerprint density at radius 3 is 1.00 bits per heavy atom. The highest BCUT2D eigenvalue weighted by atomic mass is 19.4. The van der Waals surface area contributed by atoms with Crippen LogP contribution in [0.2, 0.25) is 0 Å². The lowest BCUT2D eigenvalue weighted by atomic mass is 10.3. The summed E-state index contributed by atoms with van der Waals surface area (Å²) in [5, 5.41) is 0. The summed E-state index contributed by atoms with van der Waals surface area (Å²) in [6.07, 6.45) is -10.8. The average molecular weight is 167 g/mol. The highest BCUT2D eigenvalue weighted by molar-refractivity contribution is 4.77. The van der Waals surface area contributed by atoms with E-state index < -0.39 is 18.4 Å². The van der Waals surface area contributed by atoms with Gasteiger partial charge in [-0.3, -0.25) is 0 Å². The van der Waals surface area contributed by atoms with Crippen LogP contribution in [0.1, 0.15) is 0 Å². The van der Waals surface area contributed by atoms with Gasteiger partial charge in [0.15, 0.2) is 6.04 Å². The molecule has 0 spiro atoms. The van der Waals surface area contributed by atoms with E-state index in [0.29, 0.717) is 0 Å². The minimum atomic E-state index is -5.40. The molecule has 0 atom stereocenters. The monoisotopic (exact) mass is 167 g/mol. The lowest BCUT2D eigenvalue weighted by molar-refractivity contribution is -0.248. The fraction of sp³-hybridized carbons (Fsp3) is 1.00. The smallest absolute Gasteiger partial charge is 0.313 e. The summed E-state index contributed by atoms with van der Waals surface area (Å²) < 4.78 is 66.6. The fourth-order valence-electron chi connectivity index (χ4n) is 0.186. The quantitative estimate of drug-likeness (QED) is 0.542. The molecule has 0 aromatic rings. The second-order valence-electron chi connectivity index (χ2n) is 1.56. The van der Waals surface area contributed by atoms with Crippen LogP contribution < -0.4 is 5.73 Å². The Morgan fingerprint density at radius 1 is 0.800 bits per heavy atom. The number of halogens is 6. The molecule has 0 fully saturated rings. The van der Waals surface area contributed by atoms with Crippen molar-refractivity contribution in [3.05, 3.63) is 0 Å². The van der Waals surface area contributed by atoms with Gasteiger partial charge >= 0.3 is 12.4 Å². The maximum Gasteiger partial charge on any atom is 0.412 e. The van der Waals surface area contributed by atoms with E-state index >= 15 is 0 Å². The normalized spacial score (nSPS) is 14.4. The van der Waals surface area contributed by atoms with E-state index in [-0.39, 0.29) is 0 Å². The minimum Gasteiger partial charge on any atom is -0.313 e. The summed E-state index contributed by atoms with van der Waals surface area (Å²) in [6, 6.07) is -3.74. The van der Waals surface area contributed by atoms with Crippen LogP contribution in [-0.4, -0.2) is 18.4 Å². The summed E-state index contributed by atoms with van der Waals surface area (Å²) in [4.78, 5) is 0. The number of nitrogens with two attached hydrogens (primary N) is 1. The molecule has 7 heteroatoms. The molecule has 0 heterocycles. The predicted octanol–water partition coefficient (Wildman–Crippen LogP) is 1.44. The summed E-state index contributed by atoms with van der Waals surface area (Å²) in [6.45, 7) is 0. The van der Waals surface area contributed by atoms with Crippen molar-refractivity contribution in [1.29, 1.82) is 0 Å². The number of rotatable bonds is 0.